The molecule has 2 atom stereocenters. The number of hydrogen-bond donors (Lipinski definition) is 2. The largest absolute Gasteiger partial charge is 0.392 e. The van der Waals surface area contributed by atoms with Crippen LogP contribution in [0.1, 0.15) is 49.1 Å². The Morgan fingerprint density at radius 3 is 2.56 bits per heavy atom. The van der Waals surface area contributed by atoms with Gasteiger partial charge in [0.15, 0.2) is 0 Å². The second kappa shape index (κ2) is 6.35. The van der Waals surface area contributed by atoms with Crippen LogP contribution in [0, 0.1) is 12.8 Å². The predicted molar refractivity (Wildman–Crippen MR) is 75.6 cm³/mol. The molecule has 100 valence electrons. The van der Waals surface area contributed by atoms with Crippen LogP contribution in [0.15, 0.2) is 24.3 Å². The van der Waals surface area contributed by atoms with E-state index in [4.69, 9.17) is 5.73 Å². The SMILES string of the molecule is Cc1ccccc1C(CN)C(O)CC1CCCC1. The topological polar surface area (TPSA) is 46.2 Å². The van der Waals surface area contributed by atoms with Crippen molar-refractivity contribution in [2.24, 2.45) is 11.7 Å². The third-order valence-electron chi connectivity index (χ3n) is 4.36. The van der Waals surface area contributed by atoms with Crippen molar-refractivity contribution in [3.05, 3.63) is 35.4 Å². The second-order valence-electron chi connectivity index (χ2n) is 5.65. The molecule has 0 heterocycles. The summed E-state index contributed by atoms with van der Waals surface area (Å²) in [6.07, 6.45) is 5.84. The lowest BCUT2D eigenvalue weighted by Crippen LogP contribution is -2.28. The zero-order chi connectivity index (χ0) is 13.0. The third kappa shape index (κ3) is 3.12. The third-order valence-corrected chi connectivity index (χ3v) is 4.36. The maximum atomic E-state index is 10.5. The van der Waals surface area contributed by atoms with Gasteiger partial charge in [0, 0.05) is 12.5 Å². The van der Waals surface area contributed by atoms with Gasteiger partial charge in [0.25, 0.3) is 0 Å². The van der Waals surface area contributed by atoms with Crippen LogP contribution < -0.4 is 5.73 Å². The van der Waals surface area contributed by atoms with Crippen LogP contribution in [0.4, 0.5) is 0 Å². The first-order valence-corrected chi connectivity index (χ1v) is 7.16. The summed E-state index contributed by atoms with van der Waals surface area (Å²) in [5.41, 5.74) is 8.34. The van der Waals surface area contributed by atoms with Crippen molar-refractivity contribution in [3.63, 3.8) is 0 Å². The summed E-state index contributed by atoms with van der Waals surface area (Å²) in [4.78, 5) is 0. The molecule has 2 heteroatoms. The highest BCUT2D eigenvalue weighted by Crippen LogP contribution is 2.32. The summed E-state index contributed by atoms with van der Waals surface area (Å²) in [6, 6.07) is 8.27. The second-order valence-corrected chi connectivity index (χ2v) is 5.65. The molecule has 0 bridgehead atoms. The maximum absolute atomic E-state index is 10.5. The number of aryl methyl sites for hydroxylation is 1. The number of rotatable bonds is 5. The van der Waals surface area contributed by atoms with Gasteiger partial charge in [0.2, 0.25) is 0 Å². The van der Waals surface area contributed by atoms with Gasteiger partial charge in [-0.25, -0.2) is 0 Å². The molecule has 1 aromatic rings. The van der Waals surface area contributed by atoms with Crippen LogP contribution >= 0.6 is 0 Å². The Hall–Kier alpha value is -0.860. The fourth-order valence-corrected chi connectivity index (χ4v) is 3.25. The summed E-state index contributed by atoms with van der Waals surface area (Å²) >= 11 is 0. The smallest absolute Gasteiger partial charge is 0.0623 e. The standard InChI is InChI=1S/C16H25NO/c1-12-6-2-5-9-14(12)15(11-17)16(18)10-13-7-3-4-8-13/h2,5-6,9,13,15-16,18H,3-4,7-8,10-11,17H2,1H3. The zero-order valence-corrected chi connectivity index (χ0v) is 11.3. The number of nitrogens with two attached hydrogens (primary N) is 1. The lowest BCUT2D eigenvalue weighted by Gasteiger charge is -2.25. The van der Waals surface area contributed by atoms with E-state index in [2.05, 4.69) is 19.1 Å². The Bertz CT molecular complexity index is 371. The van der Waals surface area contributed by atoms with E-state index in [9.17, 15) is 5.11 Å². The Labute approximate surface area is 110 Å². The highest BCUT2D eigenvalue weighted by molar-refractivity contribution is 5.30. The highest BCUT2D eigenvalue weighted by atomic mass is 16.3. The first-order chi connectivity index (χ1) is 8.72. The van der Waals surface area contributed by atoms with Crippen molar-refractivity contribution in [3.8, 4) is 0 Å². The molecule has 1 aliphatic carbocycles. The van der Waals surface area contributed by atoms with Crippen LogP contribution in [0.25, 0.3) is 0 Å². The van der Waals surface area contributed by atoms with Crippen LogP contribution in [0.2, 0.25) is 0 Å². The van der Waals surface area contributed by atoms with Gasteiger partial charge in [-0.2, -0.15) is 0 Å². The zero-order valence-electron chi connectivity index (χ0n) is 11.3. The molecule has 3 N–H and O–H groups in total. The summed E-state index contributed by atoms with van der Waals surface area (Å²) in [5, 5.41) is 10.5. The highest BCUT2D eigenvalue weighted by Gasteiger charge is 2.25. The lowest BCUT2D eigenvalue weighted by molar-refractivity contribution is 0.116. The minimum absolute atomic E-state index is 0.0896. The van der Waals surface area contributed by atoms with Crippen LogP contribution in [-0.2, 0) is 0 Å². The average Bonchev–Trinajstić information content (AvgIpc) is 2.85. The molecule has 1 aromatic carbocycles. The maximum Gasteiger partial charge on any atom is 0.0623 e. The average molecular weight is 247 g/mol. The van der Waals surface area contributed by atoms with E-state index in [0.29, 0.717) is 12.5 Å². The normalized spacial score (nSPS) is 19.9. The summed E-state index contributed by atoms with van der Waals surface area (Å²) in [7, 11) is 0. The Kier molecular flexibility index (Phi) is 4.79. The molecular weight excluding hydrogens is 222 g/mol. The first-order valence-electron chi connectivity index (χ1n) is 7.16. The van der Waals surface area contributed by atoms with Gasteiger partial charge in [0.05, 0.1) is 6.10 Å². The lowest BCUT2D eigenvalue weighted by atomic mass is 9.85. The Balaban J connectivity index is 2.05. The molecule has 1 saturated carbocycles. The van der Waals surface area contributed by atoms with Crippen molar-refractivity contribution in [1.29, 1.82) is 0 Å². The van der Waals surface area contributed by atoms with Crippen LogP contribution in [0.5, 0.6) is 0 Å². The summed E-state index contributed by atoms with van der Waals surface area (Å²) < 4.78 is 0. The molecule has 0 aliphatic heterocycles. The molecular formula is C16H25NO. The van der Waals surface area contributed by atoms with Crippen molar-refractivity contribution < 1.29 is 5.11 Å². The van der Waals surface area contributed by atoms with E-state index in [1.54, 1.807) is 0 Å². The van der Waals surface area contributed by atoms with E-state index < -0.39 is 0 Å². The number of aliphatic hydroxyl groups excluding tert-OH is 1. The quantitative estimate of drug-likeness (QED) is 0.840. The molecule has 2 rings (SSSR count). The number of benzene rings is 1. The first kappa shape index (κ1) is 13.6. The fraction of sp³-hybridized carbons (Fsp3) is 0.625. The molecule has 0 saturated heterocycles. The molecule has 0 amide bonds. The Morgan fingerprint density at radius 2 is 1.94 bits per heavy atom. The fourth-order valence-electron chi connectivity index (χ4n) is 3.25. The number of hydrogen-bond acceptors (Lipinski definition) is 2. The van der Waals surface area contributed by atoms with Crippen molar-refractivity contribution in [1.82, 2.24) is 0 Å². The minimum Gasteiger partial charge on any atom is -0.392 e. The van der Waals surface area contributed by atoms with Gasteiger partial charge < -0.3 is 10.8 Å². The molecule has 1 fully saturated rings. The monoisotopic (exact) mass is 247 g/mol. The Morgan fingerprint density at radius 1 is 1.28 bits per heavy atom. The van der Waals surface area contributed by atoms with E-state index in [0.717, 1.165) is 6.42 Å². The van der Waals surface area contributed by atoms with Crippen molar-refractivity contribution in [2.75, 3.05) is 6.54 Å². The molecule has 1 aliphatic rings. The van der Waals surface area contributed by atoms with Gasteiger partial charge in [-0.05, 0) is 30.4 Å². The van der Waals surface area contributed by atoms with Gasteiger partial charge >= 0.3 is 0 Å². The van der Waals surface area contributed by atoms with E-state index in [1.165, 1.54) is 36.8 Å². The van der Waals surface area contributed by atoms with E-state index >= 15 is 0 Å². The molecule has 18 heavy (non-hydrogen) atoms. The van der Waals surface area contributed by atoms with E-state index in [-0.39, 0.29) is 12.0 Å². The summed E-state index contributed by atoms with van der Waals surface area (Å²) in [6.45, 7) is 2.62. The van der Waals surface area contributed by atoms with Crippen molar-refractivity contribution in [2.45, 2.75) is 51.0 Å². The van der Waals surface area contributed by atoms with Gasteiger partial charge in [-0.3, -0.25) is 0 Å². The minimum atomic E-state index is -0.292. The molecule has 0 spiro atoms. The molecule has 2 unspecified atom stereocenters. The number of aliphatic hydroxyl groups is 1. The van der Waals surface area contributed by atoms with Gasteiger partial charge in [0.1, 0.15) is 0 Å². The molecule has 0 radical (unpaired) electrons. The van der Waals surface area contributed by atoms with Crippen molar-refractivity contribution >= 4 is 0 Å². The van der Waals surface area contributed by atoms with Crippen LogP contribution in [0.3, 0.4) is 0 Å². The van der Waals surface area contributed by atoms with Gasteiger partial charge in [-0.15, -0.1) is 0 Å². The van der Waals surface area contributed by atoms with E-state index in [1.807, 2.05) is 12.1 Å². The summed E-state index contributed by atoms with van der Waals surface area (Å²) in [5.74, 6) is 0.796. The predicted octanol–water partition coefficient (Wildman–Crippen LogP) is 2.98. The molecule has 0 aromatic heterocycles. The molecule has 2 nitrogen and oxygen atoms in total. The van der Waals surface area contributed by atoms with Gasteiger partial charge in [-0.1, -0.05) is 49.9 Å². The van der Waals surface area contributed by atoms with Crippen LogP contribution in [-0.4, -0.2) is 17.8 Å².